The monoisotopic (exact) mass is 334 g/mol. The fourth-order valence-corrected chi connectivity index (χ4v) is 2.33. The maximum absolute atomic E-state index is 9.29. The molecule has 122 valence electrons. The predicted molar refractivity (Wildman–Crippen MR) is 94.4 cm³/mol. The van der Waals surface area contributed by atoms with Crippen LogP contribution in [-0.4, -0.2) is 35.0 Å². The van der Waals surface area contributed by atoms with E-state index < -0.39 is 7.12 Å². The molecule has 1 aromatic carbocycles. The number of nitrogens with two attached hydrogens (primary N) is 1. The van der Waals surface area contributed by atoms with Gasteiger partial charge in [0.15, 0.2) is 0 Å². The molecular weight excluding hydrogens is 315 g/mol. The standard InChI is InChI=1S/C14H19BN4O3S/c1-2-3-6-22-12-5-4-11(15(20)21)7-10(12)8-17-19-14-18-13(16)9-23-14/h4-5,7-9,20-21H,2-3,6,16H2,1H3,(H,18,19). The lowest BCUT2D eigenvalue weighted by Crippen LogP contribution is -2.30. The third-order valence-corrected chi connectivity index (χ3v) is 3.74. The summed E-state index contributed by atoms with van der Waals surface area (Å²) in [5.74, 6) is 1.06. The van der Waals surface area contributed by atoms with Gasteiger partial charge in [0.05, 0.1) is 12.8 Å². The highest BCUT2D eigenvalue weighted by molar-refractivity contribution is 7.14. The highest BCUT2D eigenvalue weighted by Gasteiger charge is 2.13. The highest BCUT2D eigenvalue weighted by atomic mass is 32.1. The van der Waals surface area contributed by atoms with Crippen molar-refractivity contribution in [3.05, 3.63) is 29.1 Å². The molecule has 23 heavy (non-hydrogen) atoms. The van der Waals surface area contributed by atoms with Crippen LogP contribution in [0.1, 0.15) is 25.3 Å². The second-order valence-electron chi connectivity index (χ2n) is 4.82. The van der Waals surface area contributed by atoms with E-state index in [4.69, 9.17) is 10.5 Å². The smallest absolute Gasteiger partial charge is 0.488 e. The topological polar surface area (TPSA) is 113 Å². The van der Waals surface area contributed by atoms with Crippen LogP contribution in [0.5, 0.6) is 5.75 Å². The van der Waals surface area contributed by atoms with Crippen LogP contribution in [0.2, 0.25) is 0 Å². The molecule has 0 aliphatic carbocycles. The van der Waals surface area contributed by atoms with Crippen LogP contribution in [0.4, 0.5) is 10.9 Å². The van der Waals surface area contributed by atoms with E-state index in [2.05, 4.69) is 22.4 Å². The van der Waals surface area contributed by atoms with E-state index in [-0.39, 0.29) is 0 Å². The number of aromatic nitrogens is 1. The average molecular weight is 334 g/mol. The number of nitrogen functional groups attached to an aromatic ring is 1. The molecule has 0 fully saturated rings. The van der Waals surface area contributed by atoms with Crippen molar-refractivity contribution in [2.75, 3.05) is 17.8 Å². The Morgan fingerprint density at radius 1 is 1.48 bits per heavy atom. The van der Waals surface area contributed by atoms with Crippen LogP contribution in [0, 0.1) is 0 Å². The lowest BCUT2D eigenvalue weighted by atomic mass is 9.79. The Kier molecular flexibility index (Phi) is 6.39. The van der Waals surface area contributed by atoms with Gasteiger partial charge in [-0.05, 0) is 24.0 Å². The van der Waals surface area contributed by atoms with Gasteiger partial charge in [0.1, 0.15) is 11.6 Å². The van der Waals surface area contributed by atoms with E-state index >= 15 is 0 Å². The summed E-state index contributed by atoms with van der Waals surface area (Å²) in [6.07, 6.45) is 3.52. The zero-order valence-corrected chi connectivity index (χ0v) is 13.6. The van der Waals surface area contributed by atoms with E-state index in [1.807, 2.05) is 0 Å². The molecule has 9 heteroatoms. The van der Waals surface area contributed by atoms with Crippen LogP contribution >= 0.6 is 11.3 Å². The van der Waals surface area contributed by atoms with E-state index in [0.29, 0.717) is 34.3 Å². The first-order valence-electron chi connectivity index (χ1n) is 7.23. The molecule has 1 heterocycles. The van der Waals surface area contributed by atoms with Gasteiger partial charge in [0.2, 0.25) is 5.13 Å². The van der Waals surface area contributed by atoms with Crippen molar-refractivity contribution in [1.82, 2.24) is 4.98 Å². The van der Waals surface area contributed by atoms with Gasteiger partial charge in [-0.1, -0.05) is 19.4 Å². The van der Waals surface area contributed by atoms with Gasteiger partial charge in [-0.2, -0.15) is 5.10 Å². The van der Waals surface area contributed by atoms with Gasteiger partial charge in [0, 0.05) is 10.9 Å². The van der Waals surface area contributed by atoms with Gasteiger partial charge >= 0.3 is 7.12 Å². The Morgan fingerprint density at radius 3 is 2.96 bits per heavy atom. The van der Waals surface area contributed by atoms with Crippen LogP contribution < -0.4 is 21.4 Å². The predicted octanol–water partition coefficient (Wildman–Crippen LogP) is 1.03. The third kappa shape index (κ3) is 5.24. The summed E-state index contributed by atoms with van der Waals surface area (Å²) in [6.45, 7) is 2.68. The first-order valence-corrected chi connectivity index (χ1v) is 8.11. The molecule has 0 saturated carbocycles. The molecule has 0 radical (unpaired) electrons. The quantitative estimate of drug-likeness (QED) is 0.248. The first kappa shape index (κ1) is 17.3. The molecule has 0 saturated heterocycles. The zero-order valence-electron chi connectivity index (χ0n) is 12.8. The SMILES string of the molecule is CCCCOc1ccc(B(O)O)cc1C=NNc1nc(N)cs1. The van der Waals surface area contributed by atoms with E-state index in [9.17, 15) is 10.0 Å². The summed E-state index contributed by atoms with van der Waals surface area (Å²) in [6, 6.07) is 4.93. The van der Waals surface area contributed by atoms with Gasteiger partial charge < -0.3 is 20.5 Å². The molecule has 1 aromatic heterocycles. The molecular formula is C14H19BN4O3S. The summed E-state index contributed by atoms with van der Waals surface area (Å²) in [5, 5.41) is 25.0. The third-order valence-electron chi connectivity index (χ3n) is 2.97. The summed E-state index contributed by atoms with van der Waals surface area (Å²) < 4.78 is 5.70. The average Bonchev–Trinajstić information content (AvgIpc) is 2.94. The van der Waals surface area contributed by atoms with Crippen molar-refractivity contribution < 1.29 is 14.8 Å². The number of thiazole rings is 1. The minimum absolute atomic E-state index is 0.368. The van der Waals surface area contributed by atoms with E-state index in [1.54, 1.807) is 29.8 Å². The normalized spacial score (nSPS) is 10.9. The summed E-state index contributed by atoms with van der Waals surface area (Å²) >= 11 is 1.34. The maximum Gasteiger partial charge on any atom is 0.488 e. The Hall–Kier alpha value is -2.10. The summed E-state index contributed by atoms with van der Waals surface area (Å²) in [5.41, 5.74) is 9.32. The zero-order chi connectivity index (χ0) is 16.7. The van der Waals surface area contributed by atoms with Gasteiger partial charge in [0.25, 0.3) is 0 Å². The van der Waals surface area contributed by atoms with Gasteiger partial charge in [-0.3, -0.25) is 5.43 Å². The molecule has 0 atom stereocenters. The number of hydrogen-bond donors (Lipinski definition) is 4. The fraction of sp³-hybridized carbons (Fsp3) is 0.286. The van der Waals surface area contributed by atoms with Crippen molar-refractivity contribution in [3.63, 3.8) is 0 Å². The van der Waals surface area contributed by atoms with Crippen LogP contribution in [0.15, 0.2) is 28.7 Å². The van der Waals surface area contributed by atoms with Crippen molar-refractivity contribution >= 4 is 41.1 Å². The number of unbranched alkanes of at least 4 members (excludes halogenated alkanes) is 1. The number of hydrogen-bond acceptors (Lipinski definition) is 8. The summed E-state index contributed by atoms with van der Waals surface area (Å²) in [7, 11) is -1.54. The van der Waals surface area contributed by atoms with Gasteiger partial charge in [-0.25, -0.2) is 4.98 Å². The fourth-order valence-electron chi connectivity index (χ4n) is 1.78. The first-order chi connectivity index (χ1) is 11.1. The molecule has 5 N–H and O–H groups in total. The maximum atomic E-state index is 9.29. The van der Waals surface area contributed by atoms with Crippen molar-refractivity contribution in [1.29, 1.82) is 0 Å². The Bertz CT molecular complexity index is 663. The Morgan fingerprint density at radius 2 is 2.30 bits per heavy atom. The number of benzene rings is 1. The number of nitrogens with zero attached hydrogens (tertiary/aromatic N) is 2. The number of nitrogens with one attached hydrogen (secondary N) is 1. The van der Waals surface area contributed by atoms with Gasteiger partial charge in [-0.15, -0.1) is 11.3 Å². The van der Waals surface area contributed by atoms with Crippen molar-refractivity contribution in [3.8, 4) is 5.75 Å². The largest absolute Gasteiger partial charge is 0.493 e. The molecule has 2 aromatic rings. The Balaban J connectivity index is 2.13. The summed E-state index contributed by atoms with van der Waals surface area (Å²) in [4.78, 5) is 4.03. The van der Waals surface area contributed by atoms with Crippen molar-refractivity contribution in [2.24, 2.45) is 5.10 Å². The molecule has 0 spiro atoms. The number of anilines is 2. The van der Waals surface area contributed by atoms with E-state index in [1.165, 1.54) is 11.3 Å². The second-order valence-corrected chi connectivity index (χ2v) is 5.68. The van der Waals surface area contributed by atoms with Crippen LogP contribution in [0.3, 0.4) is 0 Å². The second kappa shape index (κ2) is 8.51. The molecule has 7 nitrogen and oxygen atoms in total. The molecule has 0 aliphatic rings. The van der Waals surface area contributed by atoms with E-state index in [0.717, 1.165) is 12.8 Å². The molecule has 0 unspecified atom stereocenters. The minimum atomic E-state index is -1.54. The van der Waals surface area contributed by atoms with Crippen molar-refractivity contribution in [2.45, 2.75) is 19.8 Å². The lowest BCUT2D eigenvalue weighted by molar-refractivity contribution is 0.309. The number of ether oxygens (including phenoxy) is 1. The molecule has 0 bridgehead atoms. The Labute approximate surface area is 139 Å². The van der Waals surface area contributed by atoms with Crippen LogP contribution in [0.25, 0.3) is 0 Å². The minimum Gasteiger partial charge on any atom is -0.493 e. The molecule has 2 rings (SSSR count). The van der Waals surface area contributed by atoms with Crippen LogP contribution in [-0.2, 0) is 0 Å². The number of hydrazone groups is 1. The molecule has 0 aliphatic heterocycles. The lowest BCUT2D eigenvalue weighted by Gasteiger charge is -2.10. The molecule has 0 amide bonds. The number of rotatable bonds is 8. The highest BCUT2D eigenvalue weighted by Crippen LogP contribution is 2.18.